The van der Waals surface area contributed by atoms with Gasteiger partial charge in [-0.05, 0) is 55.5 Å². The number of amides is 1. The maximum atomic E-state index is 12.9. The second-order valence-corrected chi connectivity index (χ2v) is 7.14. The van der Waals surface area contributed by atoms with Crippen molar-refractivity contribution in [3.05, 3.63) is 100 Å². The molecule has 0 radical (unpaired) electrons. The first-order valence-electron chi connectivity index (χ1n) is 9.65. The monoisotopic (exact) mass is 438 g/mol. The summed E-state index contributed by atoms with van der Waals surface area (Å²) >= 11 is 0. The fourth-order valence-electron chi connectivity index (χ4n) is 3.28. The number of alkyl halides is 3. The maximum Gasteiger partial charge on any atom is 0.416 e. The van der Waals surface area contributed by atoms with Crippen LogP contribution in [0.15, 0.2) is 77.9 Å². The van der Waals surface area contributed by atoms with E-state index in [2.05, 4.69) is 15.3 Å². The minimum atomic E-state index is -4.48. The molecule has 0 saturated heterocycles. The average molecular weight is 438 g/mol. The van der Waals surface area contributed by atoms with Crippen LogP contribution in [0.4, 0.5) is 13.2 Å². The number of nitrogens with one attached hydrogen (secondary N) is 1. The standard InChI is InChI=1S/C23H17F3N4O2/c1-14(19-4-2-3-11-27-19)29-22(32)16-12-15-5-10-20(31)30(21(15)28-13-16)18-8-6-17(7-9-18)23(24,25)26/h2-14H,1H3,(H,29,32)/t14-/m0/s1. The molecule has 0 saturated carbocycles. The molecule has 3 aromatic heterocycles. The van der Waals surface area contributed by atoms with Crippen molar-refractivity contribution >= 4 is 16.9 Å². The highest BCUT2D eigenvalue weighted by molar-refractivity contribution is 5.97. The number of rotatable bonds is 4. The summed E-state index contributed by atoms with van der Waals surface area (Å²) in [6.45, 7) is 1.80. The van der Waals surface area contributed by atoms with Gasteiger partial charge >= 0.3 is 6.18 Å². The molecule has 1 aromatic carbocycles. The van der Waals surface area contributed by atoms with E-state index < -0.39 is 17.3 Å². The minimum absolute atomic E-state index is 0.228. The van der Waals surface area contributed by atoms with Crippen LogP contribution in [0.5, 0.6) is 0 Å². The van der Waals surface area contributed by atoms with Gasteiger partial charge in [-0.1, -0.05) is 6.07 Å². The number of benzene rings is 1. The minimum Gasteiger partial charge on any atom is -0.344 e. The first-order chi connectivity index (χ1) is 15.2. The quantitative estimate of drug-likeness (QED) is 0.516. The van der Waals surface area contributed by atoms with E-state index in [1.54, 1.807) is 31.3 Å². The van der Waals surface area contributed by atoms with Crippen molar-refractivity contribution < 1.29 is 18.0 Å². The number of carbonyl (C=O) groups is 1. The van der Waals surface area contributed by atoms with Gasteiger partial charge in [0.1, 0.15) is 5.65 Å². The number of hydrogen-bond acceptors (Lipinski definition) is 4. The van der Waals surface area contributed by atoms with Crippen LogP contribution in [0.1, 0.15) is 34.6 Å². The summed E-state index contributed by atoms with van der Waals surface area (Å²) in [6, 6.07) is 13.7. The van der Waals surface area contributed by atoms with Crippen molar-refractivity contribution in [3.63, 3.8) is 0 Å². The van der Waals surface area contributed by atoms with Crippen molar-refractivity contribution in [3.8, 4) is 5.69 Å². The lowest BCUT2D eigenvalue weighted by atomic mass is 10.1. The van der Waals surface area contributed by atoms with Gasteiger partial charge in [-0.15, -0.1) is 0 Å². The van der Waals surface area contributed by atoms with Gasteiger partial charge in [-0.2, -0.15) is 13.2 Å². The summed E-state index contributed by atoms with van der Waals surface area (Å²) in [5.41, 5.74) is 0.173. The van der Waals surface area contributed by atoms with E-state index in [0.717, 1.165) is 12.1 Å². The number of pyridine rings is 3. The molecule has 1 amide bonds. The molecule has 0 spiro atoms. The van der Waals surface area contributed by atoms with Crippen LogP contribution in [-0.4, -0.2) is 20.4 Å². The Morgan fingerprint density at radius 1 is 1.03 bits per heavy atom. The number of carbonyl (C=O) groups excluding carboxylic acids is 1. The third-order valence-corrected chi connectivity index (χ3v) is 4.93. The Balaban J connectivity index is 1.67. The van der Waals surface area contributed by atoms with E-state index in [1.807, 2.05) is 6.07 Å². The molecule has 0 fully saturated rings. The van der Waals surface area contributed by atoms with Gasteiger partial charge in [0.2, 0.25) is 0 Å². The van der Waals surface area contributed by atoms with Crippen LogP contribution >= 0.6 is 0 Å². The molecular weight excluding hydrogens is 421 g/mol. The first-order valence-corrected chi connectivity index (χ1v) is 9.65. The summed E-state index contributed by atoms with van der Waals surface area (Å²) in [6.07, 6.45) is -1.52. The van der Waals surface area contributed by atoms with E-state index in [0.29, 0.717) is 11.1 Å². The smallest absolute Gasteiger partial charge is 0.344 e. The third kappa shape index (κ3) is 4.22. The second kappa shape index (κ2) is 8.26. The second-order valence-electron chi connectivity index (χ2n) is 7.14. The summed E-state index contributed by atoms with van der Waals surface area (Å²) in [5.74, 6) is -0.371. The Hall–Kier alpha value is -4.01. The van der Waals surface area contributed by atoms with Gasteiger partial charge in [-0.25, -0.2) is 4.98 Å². The number of nitrogens with zero attached hydrogens (tertiary/aromatic N) is 3. The molecule has 1 N–H and O–H groups in total. The predicted molar refractivity (Wildman–Crippen MR) is 112 cm³/mol. The van der Waals surface area contributed by atoms with Crippen molar-refractivity contribution in [2.45, 2.75) is 19.1 Å². The Morgan fingerprint density at radius 2 is 1.78 bits per heavy atom. The van der Waals surface area contributed by atoms with Crippen molar-refractivity contribution in [1.29, 1.82) is 0 Å². The van der Waals surface area contributed by atoms with Crippen LogP contribution in [0.3, 0.4) is 0 Å². The van der Waals surface area contributed by atoms with Crippen molar-refractivity contribution in [2.24, 2.45) is 0 Å². The lowest BCUT2D eigenvalue weighted by Gasteiger charge is -2.14. The molecule has 3 heterocycles. The SMILES string of the molecule is C[C@H](NC(=O)c1cnc2c(ccc(=O)n2-c2ccc(C(F)(F)F)cc2)c1)c1ccccn1. The Morgan fingerprint density at radius 3 is 2.44 bits per heavy atom. The fourth-order valence-corrected chi connectivity index (χ4v) is 3.28. The van der Waals surface area contributed by atoms with E-state index in [9.17, 15) is 22.8 Å². The maximum absolute atomic E-state index is 12.9. The zero-order chi connectivity index (χ0) is 22.9. The number of hydrogen-bond donors (Lipinski definition) is 1. The van der Waals surface area contributed by atoms with Gasteiger partial charge < -0.3 is 5.32 Å². The van der Waals surface area contributed by atoms with Crippen molar-refractivity contribution in [2.75, 3.05) is 0 Å². The molecule has 0 aliphatic heterocycles. The molecule has 162 valence electrons. The number of aromatic nitrogens is 3. The Kier molecular flexibility index (Phi) is 5.48. The topological polar surface area (TPSA) is 76.9 Å². The van der Waals surface area contributed by atoms with Crippen LogP contribution in [0.2, 0.25) is 0 Å². The van der Waals surface area contributed by atoms with Gasteiger partial charge in [0.25, 0.3) is 11.5 Å². The van der Waals surface area contributed by atoms with Gasteiger partial charge in [-0.3, -0.25) is 19.1 Å². The number of halogens is 3. The predicted octanol–water partition coefficient (Wildman–Crippen LogP) is 4.29. The van der Waals surface area contributed by atoms with Crippen LogP contribution in [0.25, 0.3) is 16.7 Å². The average Bonchev–Trinajstić information content (AvgIpc) is 2.78. The number of fused-ring (bicyclic) bond motifs is 1. The Labute approximate surface area is 180 Å². The fraction of sp³-hybridized carbons (Fsp3) is 0.130. The summed E-state index contributed by atoms with van der Waals surface area (Å²) in [4.78, 5) is 33.6. The molecule has 6 nitrogen and oxygen atoms in total. The molecule has 9 heteroatoms. The summed E-state index contributed by atoms with van der Waals surface area (Å²) in [5, 5.41) is 3.33. The largest absolute Gasteiger partial charge is 0.416 e. The highest BCUT2D eigenvalue weighted by Crippen LogP contribution is 2.29. The molecule has 0 aliphatic rings. The molecule has 0 unspecified atom stereocenters. The third-order valence-electron chi connectivity index (χ3n) is 4.93. The van der Waals surface area contributed by atoms with Gasteiger partial charge in [0.15, 0.2) is 0 Å². The highest BCUT2D eigenvalue weighted by Gasteiger charge is 2.30. The van der Waals surface area contributed by atoms with Crippen LogP contribution in [0, 0.1) is 0 Å². The summed E-state index contributed by atoms with van der Waals surface area (Å²) < 4.78 is 39.8. The molecule has 0 aliphatic carbocycles. The van der Waals surface area contributed by atoms with Gasteiger partial charge in [0.05, 0.1) is 28.6 Å². The first kappa shape index (κ1) is 21.2. The van der Waals surface area contributed by atoms with Crippen LogP contribution < -0.4 is 10.9 Å². The zero-order valence-corrected chi connectivity index (χ0v) is 16.8. The molecule has 32 heavy (non-hydrogen) atoms. The normalized spacial score (nSPS) is 12.5. The molecule has 4 aromatic rings. The van der Waals surface area contributed by atoms with Crippen molar-refractivity contribution in [1.82, 2.24) is 19.9 Å². The van der Waals surface area contributed by atoms with Crippen LogP contribution in [-0.2, 0) is 6.18 Å². The van der Waals surface area contributed by atoms with E-state index in [4.69, 9.17) is 0 Å². The highest BCUT2D eigenvalue weighted by atomic mass is 19.4. The Bertz CT molecular complexity index is 1330. The zero-order valence-electron chi connectivity index (χ0n) is 16.8. The molecule has 0 bridgehead atoms. The van der Waals surface area contributed by atoms with E-state index >= 15 is 0 Å². The molecule has 4 rings (SSSR count). The van der Waals surface area contributed by atoms with Gasteiger partial charge in [0, 0.05) is 23.8 Å². The molecular formula is C23H17F3N4O2. The summed E-state index contributed by atoms with van der Waals surface area (Å²) in [7, 11) is 0. The molecule has 1 atom stereocenters. The lowest BCUT2D eigenvalue weighted by molar-refractivity contribution is -0.137. The van der Waals surface area contributed by atoms with E-state index in [1.165, 1.54) is 35.0 Å². The van der Waals surface area contributed by atoms with E-state index in [-0.39, 0.29) is 28.8 Å². The lowest BCUT2D eigenvalue weighted by Crippen LogP contribution is -2.27.